The number of carbonyl (C=O) groups is 1. The molecule has 0 bridgehead atoms. The molecule has 1 heterocycles. The van der Waals surface area contributed by atoms with Crippen molar-refractivity contribution in [1.82, 2.24) is 9.19 Å². The molecule has 1 rings (SSSR count). The topological polar surface area (TPSA) is 34.9 Å². The predicted octanol–water partition coefficient (Wildman–Crippen LogP) is 1.84. The number of hydrogen-bond donors (Lipinski definition) is 0. The van der Waals surface area contributed by atoms with E-state index in [2.05, 4.69) is 21.0 Å². The number of hydrogen-bond acceptors (Lipinski definition) is 3. The van der Waals surface area contributed by atoms with Gasteiger partial charge in [0.2, 0.25) is 0 Å². The van der Waals surface area contributed by atoms with Crippen LogP contribution in [0.3, 0.4) is 0 Å². The third kappa shape index (κ3) is 2.03. The van der Waals surface area contributed by atoms with Crippen LogP contribution in [0.15, 0.2) is 12.4 Å². The Balaban J connectivity index is 2.80. The van der Waals surface area contributed by atoms with E-state index in [1.807, 2.05) is 0 Å². The molecule has 6 heteroatoms. The van der Waals surface area contributed by atoms with Crippen molar-refractivity contribution in [2.24, 2.45) is 0 Å². The molecule has 0 aliphatic rings. The summed E-state index contributed by atoms with van der Waals surface area (Å²) in [7, 11) is 0. The molecular weight excluding hydrogens is 235 g/mol. The second-order valence-corrected chi connectivity index (χ2v) is 2.83. The molecule has 0 amide bonds. The highest BCUT2D eigenvalue weighted by Crippen LogP contribution is 2.08. The Morgan fingerprint density at radius 1 is 1.91 bits per heavy atom. The van der Waals surface area contributed by atoms with Gasteiger partial charge < -0.3 is 0 Å². The number of Topliss-reactive ketones (excluding diaryl/α,β-unsaturated/α-hetero) is 1. The molecule has 0 aromatic carbocycles. The largest absolute Gasteiger partial charge is 0.293 e. The van der Waals surface area contributed by atoms with Gasteiger partial charge in [-0.05, 0) is 0 Å². The normalized spacial score (nSPS) is 10.0. The van der Waals surface area contributed by atoms with Crippen LogP contribution in [0.1, 0.15) is 10.4 Å². The molecule has 0 aliphatic heterocycles. The van der Waals surface area contributed by atoms with E-state index in [0.717, 1.165) is 4.09 Å². The van der Waals surface area contributed by atoms with Gasteiger partial charge in [-0.3, -0.25) is 4.79 Å². The quantitative estimate of drug-likeness (QED) is 0.596. The van der Waals surface area contributed by atoms with E-state index in [9.17, 15) is 8.68 Å². The van der Waals surface area contributed by atoms with E-state index in [0.29, 0.717) is 5.56 Å². The fourth-order valence-electron chi connectivity index (χ4n) is 0.564. The first-order valence-corrected chi connectivity index (χ1v) is 4.50. The Kier molecular flexibility index (Phi) is 3.07. The van der Waals surface area contributed by atoms with E-state index in [-0.39, 0.29) is 23.4 Å². The maximum atomic E-state index is 11.8. The molecule has 0 saturated heterocycles. The molecule has 3 nitrogen and oxygen atoms in total. The summed E-state index contributed by atoms with van der Waals surface area (Å²) in [5, 5.41) is 3.80. The van der Waals surface area contributed by atoms with Gasteiger partial charge in [0.1, 0.15) is 0 Å². The van der Waals surface area contributed by atoms with Gasteiger partial charge in [0, 0.05) is 0 Å². The molecule has 0 atom stereocenters. The SMILES string of the molecule is O=C(CBr)c1cnn(SF)c1. The number of nitrogens with zero attached hydrogens (tertiary/aromatic N) is 2. The second-order valence-electron chi connectivity index (χ2n) is 1.76. The smallest absolute Gasteiger partial charge is 0.187 e. The highest BCUT2D eigenvalue weighted by molar-refractivity contribution is 9.09. The Bertz CT molecular complexity index is 265. The Hall–Kier alpha value is -0.360. The minimum Gasteiger partial charge on any atom is -0.293 e. The van der Waals surface area contributed by atoms with Crippen molar-refractivity contribution < 1.29 is 8.68 Å². The van der Waals surface area contributed by atoms with Crippen LogP contribution in [0.2, 0.25) is 0 Å². The molecule has 0 fully saturated rings. The summed E-state index contributed by atoms with van der Waals surface area (Å²) >= 11 is 2.95. The first kappa shape index (κ1) is 8.73. The van der Waals surface area contributed by atoms with E-state index >= 15 is 0 Å². The molecule has 0 unspecified atom stereocenters. The number of rotatable bonds is 3. The van der Waals surface area contributed by atoms with Gasteiger partial charge in [-0.15, -0.1) is 3.89 Å². The molecule has 0 radical (unpaired) electrons. The first-order chi connectivity index (χ1) is 5.27. The van der Waals surface area contributed by atoms with Crippen LogP contribution in [0.25, 0.3) is 0 Å². The summed E-state index contributed by atoms with van der Waals surface area (Å²) in [4.78, 5) is 10.9. The zero-order chi connectivity index (χ0) is 8.27. The monoisotopic (exact) mass is 238 g/mol. The molecule has 0 spiro atoms. The van der Waals surface area contributed by atoms with Crippen LogP contribution >= 0.6 is 28.3 Å². The molecule has 11 heavy (non-hydrogen) atoms. The van der Waals surface area contributed by atoms with Crippen molar-refractivity contribution in [3.05, 3.63) is 18.0 Å². The first-order valence-electron chi connectivity index (χ1n) is 2.71. The molecule has 0 aliphatic carbocycles. The van der Waals surface area contributed by atoms with E-state index < -0.39 is 0 Å². The highest BCUT2D eigenvalue weighted by Gasteiger charge is 2.06. The standard InChI is InChI=1S/C5H4BrFN2OS/c6-1-5(10)4-2-8-9(3-4)11-7/h2-3H,1H2. The highest BCUT2D eigenvalue weighted by atomic mass is 79.9. The summed E-state index contributed by atoms with van der Waals surface area (Å²) in [5.41, 5.74) is 0.409. The van der Waals surface area contributed by atoms with Crippen molar-refractivity contribution in [2.45, 2.75) is 0 Å². The van der Waals surface area contributed by atoms with Crippen LogP contribution in [0.4, 0.5) is 3.89 Å². The number of halogens is 2. The van der Waals surface area contributed by atoms with Gasteiger partial charge in [-0.2, -0.15) is 9.19 Å². The summed E-state index contributed by atoms with van der Waals surface area (Å²) in [5.74, 6) is -0.106. The molecule has 1 aromatic heterocycles. The lowest BCUT2D eigenvalue weighted by Crippen LogP contribution is -1.96. The summed E-state index contributed by atoms with van der Waals surface area (Å²) < 4.78 is 12.8. The number of aromatic nitrogens is 2. The third-order valence-corrected chi connectivity index (χ3v) is 1.92. The van der Waals surface area contributed by atoms with Gasteiger partial charge in [-0.1, -0.05) is 15.9 Å². The van der Waals surface area contributed by atoms with Crippen molar-refractivity contribution in [1.29, 1.82) is 0 Å². The lowest BCUT2D eigenvalue weighted by Gasteiger charge is -1.86. The fourth-order valence-corrected chi connectivity index (χ4v) is 1.12. The minimum absolute atomic E-state index is 0.0444. The summed E-state index contributed by atoms with van der Waals surface area (Å²) in [6.45, 7) is 0. The van der Waals surface area contributed by atoms with Gasteiger partial charge in [0.15, 0.2) is 18.1 Å². The summed E-state index contributed by atoms with van der Waals surface area (Å²) in [6, 6.07) is 0. The van der Waals surface area contributed by atoms with E-state index in [1.165, 1.54) is 12.4 Å². The fraction of sp³-hybridized carbons (Fsp3) is 0.200. The van der Waals surface area contributed by atoms with Crippen molar-refractivity contribution in [3.63, 3.8) is 0 Å². The van der Waals surface area contributed by atoms with Gasteiger partial charge in [0.05, 0.1) is 23.3 Å². The van der Waals surface area contributed by atoms with E-state index in [4.69, 9.17) is 0 Å². The maximum Gasteiger partial charge on any atom is 0.187 e. The molecule has 0 saturated carbocycles. The molecule has 60 valence electrons. The van der Waals surface area contributed by atoms with Crippen LogP contribution < -0.4 is 0 Å². The Morgan fingerprint density at radius 3 is 3.09 bits per heavy atom. The second kappa shape index (κ2) is 3.87. The van der Waals surface area contributed by atoms with Crippen molar-refractivity contribution in [3.8, 4) is 0 Å². The third-order valence-electron chi connectivity index (χ3n) is 1.07. The maximum absolute atomic E-state index is 11.8. The Morgan fingerprint density at radius 2 is 2.64 bits per heavy atom. The molecule has 0 N–H and O–H groups in total. The Labute approximate surface area is 75.5 Å². The number of alkyl halides is 1. The number of carbonyl (C=O) groups excluding carboxylic acids is 1. The zero-order valence-electron chi connectivity index (χ0n) is 5.33. The lowest BCUT2D eigenvalue weighted by atomic mass is 10.3. The lowest BCUT2D eigenvalue weighted by molar-refractivity contribution is 0.102. The molecule has 1 aromatic rings. The van der Waals surface area contributed by atoms with Crippen LogP contribution in [-0.2, 0) is 0 Å². The summed E-state index contributed by atoms with van der Waals surface area (Å²) in [6.07, 6.45) is 2.67. The average Bonchev–Trinajstić information content (AvgIpc) is 2.50. The predicted molar refractivity (Wildman–Crippen MR) is 44.4 cm³/mol. The molecular formula is C5H4BrFN2OS. The van der Waals surface area contributed by atoms with Gasteiger partial charge in [-0.25, -0.2) is 0 Å². The van der Waals surface area contributed by atoms with Crippen molar-refractivity contribution in [2.75, 3.05) is 5.33 Å². The van der Waals surface area contributed by atoms with Crippen LogP contribution in [0, 0.1) is 0 Å². The van der Waals surface area contributed by atoms with Crippen molar-refractivity contribution >= 4 is 34.0 Å². The van der Waals surface area contributed by atoms with Gasteiger partial charge in [0.25, 0.3) is 0 Å². The average molecular weight is 239 g/mol. The zero-order valence-corrected chi connectivity index (χ0v) is 7.73. The minimum atomic E-state index is -0.106. The van der Waals surface area contributed by atoms with E-state index in [1.54, 1.807) is 0 Å². The van der Waals surface area contributed by atoms with Gasteiger partial charge >= 0.3 is 0 Å². The van der Waals surface area contributed by atoms with Crippen LogP contribution in [0.5, 0.6) is 0 Å². The van der Waals surface area contributed by atoms with Crippen LogP contribution in [-0.4, -0.2) is 20.3 Å². The number of ketones is 1.